The van der Waals surface area contributed by atoms with Crippen LogP contribution in [0.2, 0.25) is 0 Å². The van der Waals surface area contributed by atoms with Crippen LogP contribution in [-0.2, 0) is 13.0 Å². The van der Waals surface area contributed by atoms with Crippen molar-refractivity contribution >= 4 is 10.8 Å². The maximum absolute atomic E-state index is 12.3. The number of aromatic amines is 1. The summed E-state index contributed by atoms with van der Waals surface area (Å²) < 4.78 is 5.59. The van der Waals surface area contributed by atoms with Gasteiger partial charge in [-0.1, -0.05) is 72.8 Å². The van der Waals surface area contributed by atoms with Crippen LogP contribution in [0.15, 0.2) is 83.8 Å². The van der Waals surface area contributed by atoms with Crippen LogP contribution in [0.25, 0.3) is 10.8 Å². The van der Waals surface area contributed by atoms with Crippen molar-refractivity contribution in [2.75, 3.05) is 0 Å². The molecule has 0 saturated heterocycles. The van der Waals surface area contributed by atoms with Crippen molar-refractivity contribution in [3.63, 3.8) is 0 Å². The molecule has 0 aliphatic heterocycles. The van der Waals surface area contributed by atoms with Gasteiger partial charge in [-0.2, -0.15) is 0 Å². The summed E-state index contributed by atoms with van der Waals surface area (Å²) in [7, 11) is 0. The van der Waals surface area contributed by atoms with Crippen molar-refractivity contribution in [1.29, 1.82) is 0 Å². The third-order valence-corrected chi connectivity index (χ3v) is 4.29. The molecule has 0 amide bonds. The van der Waals surface area contributed by atoms with E-state index in [9.17, 15) is 4.79 Å². The first kappa shape index (κ1) is 16.1. The molecule has 0 bridgehead atoms. The standard InChI is InChI=1S/C22H18N2O2/c25-22-20(26-15-16-7-2-1-3-8-16)14-23-21(24-22)13-18-11-6-10-17-9-4-5-12-19(17)18/h1-12,14H,13,15H2,(H,23,24,25). The first-order chi connectivity index (χ1) is 12.8. The maximum atomic E-state index is 12.3. The number of H-pyrrole nitrogens is 1. The average Bonchev–Trinajstić information content (AvgIpc) is 2.68. The number of aromatic nitrogens is 2. The van der Waals surface area contributed by atoms with Crippen LogP contribution in [0.1, 0.15) is 17.0 Å². The van der Waals surface area contributed by atoms with Crippen LogP contribution in [-0.4, -0.2) is 9.97 Å². The Bertz CT molecular complexity index is 1080. The SMILES string of the molecule is O=c1[nH]c(Cc2cccc3ccccc23)ncc1OCc1ccccc1. The molecule has 4 aromatic rings. The van der Waals surface area contributed by atoms with Gasteiger partial charge in [0.2, 0.25) is 5.75 Å². The highest BCUT2D eigenvalue weighted by atomic mass is 16.5. The number of fused-ring (bicyclic) bond motifs is 1. The summed E-state index contributed by atoms with van der Waals surface area (Å²) in [5, 5.41) is 2.34. The molecular weight excluding hydrogens is 324 g/mol. The van der Waals surface area contributed by atoms with Gasteiger partial charge in [0.25, 0.3) is 5.56 Å². The van der Waals surface area contributed by atoms with Gasteiger partial charge < -0.3 is 9.72 Å². The van der Waals surface area contributed by atoms with E-state index >= 15 is 0 Å². The van der Waals surface area contributed by atoms with E-state index in [2.05, 4.69) is 34.2 Å². The molecule has 4 heteroatoms. The third-order valence-electron chi connectivity index (χ3n) is 4.29. The Labute approximate surface area is 151 Å². The summed E-state index contributed by atoms with van der Waals surface area (Å²) >= 11 is 0. The number of nitrogens with one attached hydrogen (secondary N) is 1. The fraction of sp³-hybridized carbons (Fsp3) is 0.0909. The molecule has 0 aliphatic rings. The molecule has 1 heterocycles. The van der Waals surface area contributed by atoms with Gasteiger partial charge in [-0.3, -0.25) is 4.79 Å². The zero-order chi connectivity index (χ0) is 17.8. The van der Waals surface area contributed by atoms with Crippen LogP contribution < -0.4 is 10.3 Å². The van der Waals surface area contributed by atoms with Crippen LogP contribution in [0.4, 0.5) is 0 Å². The van der Waals surface area contributed by atoms with Gasteiger partial charge in [-0.05, 0) is 21.9 Å². The van der Waals surface area contributed by atoms with Crippen LogP contribution in [0.5, 0.6) is 5.75 Å². The highest BCUT2D eigenvalue weighted by Crippen LogP contribution is 2.20. The van der Waals surface area contributed by atoms with E-state index in [-0.39, 0.29) is 11.3 Å². The number of hydrogen-bond donors (Lipinski definition) is 1. The van der Waals surface area contributed by atoms with Crippen molar-refractivity contribution in [1.82, 2.24) is 9.97 Å². The summed E-state index contributed by atoms with van der Waals surface area (Å²) in [6.45, 7) is 0.342. The van der Waals surface area contributed by atoms with Crippen molar-refractivity contribution in [2.45, 2.75) is 13.0 Å². The molecule has 128 valence electrons. The van der Waals surface area contributed by atoms with Gasteiger partial charge >= 0.3 is 0 Å². The largest absolute Gasteiger partial charge is 0.482 e. The fourth-order valence-corrected chi connectivity index (χ4v) is 2.98. The maximum Gasteiger partial charge on any atom is 0.293 e. The molecule has 0 unspecified atom stereocenters. The van der Waals surface area contributed by atoms with Gasteiger partial charge in [0.05, 0.1) is 6.20 Å². The highest BCUT2D eigenvalue weighted by Gasteiger charge is 2.07. The minimum Gasteiger partial charge on any atom is -0.482 e. The van der Waals surface area contributed by atoms with E-state index in [4.69, 9.17) is 4.74 Å². The van der Waals surface area contributed by atoms with Gasteiger partial charge in [-0.15, -0.1) is 0 Å². The lowest BCUT2D eigenvalue weighted by atomic mass is 10.0. The second-order valence-electron chi connectivity index (χ2n) is 6.11. The smallest absolute Gasteiger partial charge is 0.293 e. The average molecular weight is 342 g/mol. The second kappa shape index (κ2) is 7.23. The Balaban J connectivity index is 1.53. The Morgan fingerprint density at radius 1 is 0.885 bits per heavy atom. The molecule has 4 nitrogen and oxygen atoms in total. The summed E-state index contributed by atoms with van der Waals surface area (Å²) in [5.41, 5.74) is 1.88. The number of hydrogen-bond acceptors (Lipinski definition) is 3. The van der Waals surface area contributed by atoms with E-state index in [1.165, 1.54) is 17.0 Å². The monoisotopic (exact) mass is 342 g/mol. The van der Waals surface area contributed by atoms with Crippen molar-refractivity contribution in [3.05, 3.63) is 106 Å². The van der Waals surface area contributed by atoms with Crippen LogP contribution >= 0.6 is 0 Å². The van der Waals surface area contributed by atoms with E-state index in [0.717, 1.165) is 11.1 Å². The summed E-state index contributed by atoms with van der Waals surface area (Å²) in [4.78, 5) is 19.5. The zero-order valence-corrected chi connectivity index (χ0v) is 14.2. The van der Waals surface area contributed by atoms with Gasteiger partial charge in [-0.25, -0.2) is 4.98 Å². The van der Waals surface area contributed by atoms with E-state index in [1.54, 1.807) is 0 Å². The number of nitrogens with zero attached hydrogens (tertiary/aromatic N) is 1. The first-order valence-electron chi connectivity index (χ1n) is 8.51. The Hall–Kier alpha value is -3.40. The van der Waals surface area contributed by atoms with Crippen molar-refractivity contribution in [2.24, 2.45) is 0 Å². The molecule has 26 heavy (non-hydrogen) atoms. The summed E-state index contributed by atoms with van der Waals surface area (Å²) in [6, 6.07) is 24.1. The molecule has 0 radical (unpaired) electrons. The lowest BCUT2D eigenvalue weighted by Crippen LogP contribution is -2.15. The van der Waals surface area contributed by atoms with Crippen LogP contribution in [0.3, 0.4) is 0 Å². The van der Waals surface area contributed by atoms with Gasteiger partial charge in [0.15, 0.2) is 0 Å². The Morgan fingerprint density at radius 2 is 1.65 bits per heavy atom. The molecule has 1 N–H and O–H groups in total. The van der Waals surface area contributed by atoms with Gasteiger partial charge in [0.1, 0.15) is 12.4 Å². The molecule has 0 saturated carbocycles. The van der Waals surface area contributed by atoms with Gasteiger partial charge in [0, 0.05) is 6.42 Å². The summed E-state index contributed by atoms with van der Waals surface area (Å²) in [6.07, 6.45) is 2.07. The van der Waals surface area contributed by atoms with Crippen molar-refractivity contribution in [3.8, 4) is 5.75 Å². The summed E-state index contributed by atoms with van der Waals surface area (Å²) in [5.74, 6) is 0.855. The molecule has 4 rings (SSSR count). The Kier molecular flexibility index (Phi) is 4.48. The topological polar surface area (TPSA) is 55.0 Å². The lowest BCUT2D eigenvalue weighted by Gasteiger charge is -2.08. The normalized spacial score (nSPS) is 10.8. The lowest BCUT2D eigenvalue weighted by molar-refractivity contribution is 0.300. The number of rotatable bonds is 5. The molecule has 0 fully saturated rings. The Morgan fingerprint density at radius 3 is 2.50 bits per heavy atom. The molecule has 0 spiro atoms. The predicted octanol–water partition coefficient (Wildman–Crippen LogP) is 4.09. The third kappa shape index (κ3) is 3.49. The minimum atomic E-state index is -0.258. The molecule has 0 atom stereocenters. The minimum absolute atomic E-state index is 0.232. The van der Waals surface area contributed by atoms with Crippen LogP contribution in [0, 0.1) is 0 Å². The zero-order valence-electron chi connectivity index (χ0n) is 14.2. The molecule has 1 aromatic heterocycles. The highest BCUT2D eigenvalue weighted by molar-refractivity contribution is 5.85. The number of ether oxygens (including phenoxy) is 1. The molecular formula is C22H18N2O2. The second-order valence-corrected chi connectivity index (χ2v) is 6.11. The molecule has 3 aromatic carbocycles. The number of benzene rings is 3. The molecule has 0 aliphatic carbocycles. The van der Waals surface area contributed by atoms with E-state index in [0.29, 0.717) is 18.9 Å². The quantitative estimate of drug-likeness (QED) is 0.594. The predicted molar refractivity (Wildman–Crippen MR) is 102 cm³/mol. The fourth-order valence-electron chi connectivity index (χ4n) is 2.98. The van der Waals surface area contributed by atoms with Crippen molar-refractivity contribution < 1.29 is 4.74 Å². The van der Waals surface area contributed by atoms with E-state index < -0.39 is 0 Å². The van der Waals surface area contributed by atoms with E-state index in [1.807, 2.05) is 48.5 Å². The first-order valence-corrected chi connectivity index (χ1v) is 8.51.